The molecule has 0 amide bonds. The first-order valence-corrected chi connectivity index (χ1v) is 4.30. The molecule has 14 heavy (non-hydrogen) atoms. The van der Waals surface area contributed by atoms with Gasteiger partial charge < -0.3 is 4.74 Å². The molecular formula is C9H9NO3S. The molecule has 0 bridgehead atoms. The van der Waals surface area contributed by atoms with E-state index in [9.17, 15) is 9.59 Å². The van der Waals surface area contributed by atoms with Crippen molar-refractivity contribution in [1.82, 2.24) is 0 Å². The molecule has 0 saturated carbocycles. The predicted molar refractivity (Wildman–Crippen MR) is 54.2 cm³/mol. The normalized spacial score (nSPS) is 11.9. The summed E-state index contributed by atoms with van der Waals surface area (Å²) in [4.78, 5) is 21.8. The Morgan fingerprint density at radius 3 is 2.36 bits per heavy atom. The number of Topliss-reactive ketones (excluding diaryl/α,β-unsaturated/α-hetero) is 1. The van der Waals surface area contributed by atoms with Crippen LogP contribution in [0.15, 0.2) is 30.3 Å². The highest BCUT2D eigenvalue weighted by atomic mass is 32.1. The Hall–Kier alpha value is -1.33. The number of rotatable bonds is 3. The van der Waals surface area contributed by atoms with E-state index in [-0.39, 0.29) is 0 Å². The minimum absolute atomic E-state index is 0.398. The SMILES string of the molecule is NC(OC(=O)S)C(=O)c1ccccc1. The second kappa shape index (κ2) is 4.78. The predicted octanol–water partition coefficient (Wildman–Crippen LogP) is 1.22. The number of carbonyl (C=O) groups is 2. The topological polar surface area (TPSA) is 69.4 Å². The molecule has 0 aliphatic carbocycles. The lowest BCUT2D eigenvalue weighted by Crippen LogP contribution is -2.34. The molecule has 0 aliphatic heterocycles. The molecule has 0 heterocycles. The lowest BCUT2D eigenvalue weighted by Gasteiger charge is -2.09. The monoisotopic (exact) mass is 211 g/mol. The van der Waals surface area contributed by atoms with Crippen LogP contribution in [-0.4, -0.2) is 17.3 Å². The lowest BCUT2D eigenvalue weighted by atomic mass is 10.1. The van der Waals surface area contributed by atoms with Gasteiger partial charge in [0, 0.05) is 5.56 Å². The second-order valence-electron chi connectivity index (χ2n) is 2.53. The van der Waals surface area contributed by atoms with Gasteiger partial charge in [0.15, 0.2) is 0 Å². The van der Waals surface area contributed by atoms with Crippen LogP contribution in [0.4, 0.5) is 4.79 Å². The average Bonchev–Trinajstić information content (AvgIpc) is 2.17. The molecule has 0 fully saturated rings. The standard InChI is InChI=1S/C9H9NO3S/c10-8(13-9(12)14)7(11)6-4-2-1-3-5-6/h1-5,8H,10H2,(H,12,14). The molecule has 74 valence electrons. The first-order valence-electron chi connectivity index (χ1n) is 3.85. The van der Waals surface area contributed by atoms with Crippen molar-refractivity contribution in [3.63, 3.8) is 0 Å². The molecule has 2 N–H and O–H groups in total. The summed E-state index contributed by atoms with van der Waals surface area (Å²) < 4.78 is 4.42. The molecule has 1 aromatic rings. The van der Waals surface area contributed by atoms with Gasteiger partial charge in [-0.25, -0.2) is 4.79 Å². The van der Waals surface area contributed by atoms with E-state index in [4.69, 9.17) is 5.73 Å². The lowest BCUT2D eigenvalue weighted by molar-refractivity contribution is 0.0710. The van der Waals surface area contributed by atoms with Crippen molar-refractivity contribution < 1.29 is 14.3 Å². The number of benzene rings is 1. The fourth-order valence-electron chi connectivity index (χ4n) is 0.929. The molecule has 0 radical (unpaired) electrons. The van der Waals surface area contributed by atoms with Gasteiger partial charge >= 0.3 is 5.30 Å². The van der Waals surface area contributed by atoms with Crippen LogP contribution in [0, 0.1) is 0 Å². The first kappa shape index (κ1) is 10.7. The molecule has 0 spiro atoms. The second-order valence-corrected chi connectivity index (χ2v) is 2.90. The van der Waals surface area contributed by atoms with Gasteiger partial charge in [-0.3, -0.25) is 10.5 Å². The number of nitrogens with two attached hydrogens (primary N) is 1. The Morgan fingerprint density at radius 1 is 1.29 bits per heavy atom. The van der Waals surface area contributed by atoms with Gasteiger partial charge in [-0.15, -0.1) is 0 Å². The highest BCUT2D eigenvalue weighted by molar-refractivity contribution is 7.96. The zero-order chi connectivity index (χ0) is 10.6. The summed E-state index contributed by atoms with van der Waals surface area (Å²) >= 11 is 3.35. The third-order valence-corrected chi connectivity index (χ3v) is 1.65. The van der Waals surface area contributed by atoms with Gasteiger partial charge in [0.2, 0.25) is 12.0 Å². The first-order chi connectivity index (χ1) is 6.61. The van der Waals surface area contributed by atoms with Crippen LogP contribution in [0.2, 0.25) is 0 Å². The Bertz CT molecular complexity index is 339. The molecule has 0 aliphatic rings. The van der Waals surface area contributed by atoms with Crippen molar-refractivity contribution in [2.24, 2.45) is 5.73 Å². The number of carbonyl (C=O) groups excluding carboxylic acids is 2. The van der Waals surface area contributed by atoms with Gasteiger partial charge in [0.25, 0.3) is 0 Å². The number of ether oxygens (including phenoxy) is 1. The summed E-state index contributed by atoms with van der Waals surface area (Å²) in [5.74, 6) is -0.451. The maximum Gasteiger partial charge on any atom is 0.366 e. The summed E-state index contributed by atoms with van der Waals surface area (Å²) in [6.45, 7) is 0. The van der Waals surface area contributed by atoms with E-state index in [0.29, 0.717) is 5.56 Å². The smallest absolute Gasteiger partial charge is 0.366 e. The number of hydrogen-bond acceptors (Lipinski definition) is 4. The van der Waals surface area contributed by atoms with Crippen LogP contribution in [-0.2, 0) is 4.74 Å². The zero-order valence-electron chi connectivity index (χ0n) is 7.21. The van der Waals surface area contributed by atoms with Crippen molar-refractivity contribution >= 4 is 23.7 Å². The van der Waals surface area contributed by atoms with Crippen molar-refractivity contribution in [2.75, 3.05) is 0 Å². The quantitative estimate of drug-likeness (QED) is 0.341. The molecule has 5 heteroatoms. The van der Waals surface area contributed by atoms with E-state index < -0.39 is 17.3 Å². The fraction of sp³-hybridized carbons (Fsp3) is 0.111. The molecular weight excluding hydrogens is 202 g/mol. The molecule has 0 saturated heterocycles. The Morgan fingerprint density at radius 2 is 1.86 bits per heavy atom. The van der Waals surface area contributed by atoms with Crippen LogP contribution < -0.4 is 5.73 Å². The summed E-state index contributed by atoms with van der Waals surface area (Å²) in [7, 11) is 0. The highest BCUT2D eigenvalue weighted by Gasteiger charge is 2.17. The summed E-state index contributed by atoms with van der Waals surface area (Å²) in [5.41, 5.74) is 5.71. The largest absolute Gasteiger partial charge is 0.431 e. The van der Waals surface area contributed by atoms with Gasteiger partial charge in [0.1, 0.15) is 0 Å². The highest BCUT2D eigenvalue weighted by Crippen LogP contribution is 2.04. The Labute approximate surface area is 86.5 Å². The van der Waals surface area contributed by atoms with Crippen molar-refractivity contribution in [2.45, 2.75) is 6.23 Å². The van der Waals surface area contributed by atoms with E-state index in [0.717, 1.165) is 0 Å². The van der Waals surface area contributed by atoms with Crippen LogP contribution >= 0.6 is 12.6 Å². The molecule has 1 atom stereocenters. The van der Waals surface area contributed by atoms with E-state index in [2.05, 4.69) is 17.4 Å². The summed E-state index contributed by atoms with van der Waals surface area (Å²) in [6.07, 6.45) is -1.29. The van der Waals surface area contributed by atoms with Gasteiger partial charge in [-0.05, 0) is 0 Å². The number of hydrogen-bond donors (Lipinski definition) is 2. The van der Waals surface area contributed by atoms with Crippen molar-refractivity contribution in [3.05, 3.63) is 35.9 Å². The van der Waals surface area contributed by atoms with Crippen LogP contribution in [0.1, 0.15) is 10.4 Å². The third kappa shape index (κ3) is 2.86. The van der Waals surface area contributed by atoms with E-state index >= 15 is 0 Å². The van der Waals surface area contributed by atoms with Gasteiger partial charge in [0.05, 0.1) is 0 Å². The maximum atomic E-state index is 11.4. The van der Waals surface area contributed by atoms with Crippen molar-refractivity contribution in [3.8, 4) is 0 Å². The minimum Gasteiger partial charge on any atom is -0.431 e. The molecule has 0 aromatic heterocycles. The molecule has 4 nitrogen and oxygen atoms in total. The average molecular weight is 211 g/mol. The molecule has 1 aromatic carbocycles. The molecule has 1 unspecified atom stereocenters. The van der Waals surface area contributed by atoms with Crippen LogP contribution in [0.25, 0.3) is 0 Å². The summed E-state index contributed by atoms with van der Waals surface area (Å²) in [6, 6.07) is 8.35. The van der Waals surface area contributed by atoms with Crippen molar-refractivity contribution in [1.29, 1.82) is 0 Å². The number of ketones is 1. The Balaban J connectivity index is 2.71. The summed E-state index contributed by atoms with van der Waals surface area (Å²) in [5, 5.41) is -0.873. The van der Waals surface area contributed by atoms with E-state index in [1.807, 2.05) is 0 Å². The number of thiol groups is 1. The maximum absolute atomic E-state index is 11.4. The van der Waals surface area contributed by atoms with Gasteiger partial charge in [-0.1, -0.05) is 43.0 Å². The zero-order valence-corrected chi connectivity index (χ0v) is 8.11. The fourth-order valence-corrected chi connectivity index (χ4v) is 1.04. The van der Waals surface area contributed by atoms with E-state index in [1.54, 1.807) is 30.3 Å². The van der Waals surface area contributed by atoms with E-state index in [1.165, 1.54) is 0 Å². The molecule has 1 rings (SSSR count). The Kier molecular flexibility index (Phi) is 3.67. The minimum atomic E-state index is -1.29. The van der Waals surface area contributed by atoms with Crippen LogP contribution in [0.3, 0.4) is 0 Å². The third-order valence-electron chi connectivity index (χ3n) is 1.54. The van der Waals surface area contributed by atoms with Gasteiger partial charge in [-0.2, -0.15) is 0 Å². The van der Waals surface area contributed by atoms with Crippen LogP contribution in [0.5, 0.6) is 0 Å².